The molecule has 9 nitrogen and oxygen atoms in total. The monoisotopic (exact) mass is 414 g/mol. The van der Waals surface area contributed by atoms with Gasteiger partial charge in [0.1, 0.15) is 6.04 Å². The number of aromatic nitrogens is 2. The van der Waals surface area contributed by atoms with Crippen molar-refractivity contribution in [3.05, 3.63) is 35.7 Å². The van der Waals surface area contributed by atoms with Crippen LogP contribution in [0.15, 0.2) is 28.8 Å². The first-order chi connectivity index (χ1) is 14.4. The van der Waals surface area contributed by atoms with Crippen LogP contribution in [0.25, 0.3) is 11.4 Å². The highest BCUT2D eigenvalue weighted by molar-refractivity contribution is 5.87. The predicted octanol–water partition coefficient (Wildman–Crippen LogP) is 1.77. The van der Waals surface area contributed by atoms with E-state index in [0.29, 0.717) is 44.4 Å². The van der Waals surface area contributed by atoms with Gasteiger partial charge in [0, 0.05) is 31.7 Å². The average molecular weight is 415 g/mol. The number of carbonyl (C=O) groups is 2. The van der Waals surface area contributed by atoms with Gasteiger partial charge in [0.05, 0.1) is 6.54 Å². The summed E-state index contributed by atoms with van der Waals surface area (Å²) in [7, 11) is 0. The molecule has 0 saturated carbocycles. The van der Waals surface area contributed by atoms with Crippen LogP contribution >= 0.6 is 0 Å². The fourth-order valence-electron chi connectivity index (χ4n) is 3.49. The van der Waals surface area contributed by atoms with Crippen LogP contribution in [-0.4, -0.2) is 64.1 Å². The van der Waals surface area contributed by atoms with Crippen molar-refractivity contribution in [3.8, 4) is 11.4 Å². The highest BCUT2D eigenvalue weighted by Crippen LogP contribution is 2.18. The molecule has 0 aliphatic carbocycles. The summed E-state index contributed by atoms with van der Waals surface area (Å²) in [4.78, 5) is 32.6. The largest absolute Gasteiger partial charge is 0.352 e. The molecule has 1 aliphatic rings. The number of nitrogens with zero attached hydrogens (tertiary/aromatic N) is 4. The standard InChI is InChI=1S/C21H30N6O3/c1-4-15(3)18(24-21(22)29)20(28)27-11-9-26(10-12-27)13-17-23-19(25-30-17)16-7-5-14(2)6-8-16/h5-8,15,18H,4,9-13H2,1-3H3,(H3,22,24,29). The molecule has 2 heterocycles. The van der Waals surface area contributed by atoms with E-state index in [9.17, 15) is 9.59 Å². The minimum atomic E-state index is -0.673. The molecule has 0 radical (unpaired) electrons. The first-order valence-corrected chi connectivity index (χ1v) is 10.3. The second-order valence-electron chi connectivity index (χ2n) is 7.85. The van der Waals surface area contributed by atoms with Gasteiger partial charge in [-0.05, 0) is 12.8 Å². The molecule has 1 aliphatic heterocycles. The molecule has 9 heteroatoms. The lowest BCUT2D eigenvalue weighted by molar-refractivity contribution is -0.136. The van der Waals surface area contributed by atoms with Crippen molar-refractivity contribution in [1.82, 2.24) is 25.3 Å². The Kier molecular flexibility index (Phi) is 7.04. The summed E-state index contributed by atoms with van der Waals surface area (Å²) in [5, 5.41) is 6.68. The van der Waals surface area contributed by atoms with Gasteiger partial charge in [-0.3, -0.25) is 9.69 Å². The lowest BCUT2D eigenvalue weighted by Crippen LogP contribution is -2.57. The third-order valence-electron chi connectivity index (χ3n) is 5.60. The quantitative estimate of drug-likeness (QED) is 0.713. The Morgan fingerprint density at radius 2 is 1.87 bits per heavy atom. The number of benzene rings is 1. The number of aryl methyl sites for hydroxylation is 1. The maximum atomic E-state index is 12.9. The summed E-state index contributed by atoms with van der Waals surface area (Å²) in [5.74, 6) is 1.06. The average Bonchev–Trinajstić information content (AvgIpc) is 3.20. The first kappa shape index (κ1) is 21.8. The van der Waals surface area contributed by atoms with Crippen LogP contribution in [-0.2, 0) is 11.3 Å². The summed E-state index contributed by atoms with van der Waals surface area (Å²) in [6.45, 7) is 9.03. The molecule has 30 heavy (non-hydrogen) atoms. The molecule has 2 unspecified atom stereocenters. The van der Waals surface area contributed by atoms with Crippen molar-refractivity contribution in [2.24, 2.45) is 11.7 Å². The van der Waals surface area contributed by atoms with Crippen LogP contribution in [0, 0.1) is 12.8 Å². The van der Waals surface area contributed by atoms with Crippen molar-refractivity contribution in [3.63, 3.8) is 0 Å². The van der Waals surface area contributed by atoms with E-state index in [-0.39, 0.29) is 11.8 Å². The third kappa shape index (κ3) is 5.35. The van der Waals surface area contributed by atoms with Crippen molar-refractivity contribution < 1.29 is 14.1 Å². The number of amides is 3. The lowest BCUT2D eigenvalue weighted by atomic mass is 9.97. The molecule has 1 aromatic carbocycles. The summed E-state index contributed by atoms with van der Waals surface area (Å²) in [6.07, 6.45) is 0.775. The Hall–Kier alpha value is -2.94. The number of urea groups is 1. The van der Waals surface area contributed by atoms with Gasteiger partial charge in [-0.15, -0.1) is 0 Å². The topological polar surface area (TPSA) is 118 Å². The van der Waals surface area contributed by atoms with Gasteiger partial charge in [0.25, 0.3) is 0 Å². The molecule has 162 valence electrons. The number of nitrogens with two attached hydrogens (primary N) is 1. The number of primary amides is 1. The van der Waals surface area contributed by atoms with Crippen LogP contribution in [0.1, 0.15) is 31.7 Å². The molecule has 3 rings (SSSR count). The number of hydrogen-bond donors (Lipinski definition) is 2. The predicted molar refractivity (Wildman–Crippen MR) is 112 cm³/mol. The zero-order valence-electron chi connectivity index (χ0n) is 17.8. The molecule has 1 aromatic heterocycles. The fraction of sp³-hybridized carbons (Fsp3) is 0.524. The van der Waals surface area contributed by atoms with Gasteiger partial charge in [-0.1, -0.05) is 55.3 Å². The van der Waals surface area contributed by atoms with Gasteiger partial charge in [0.2, 0.25) is 17.6 Å². The van der Waals surface area contributed by atoms with E-state index in [2.05, 4.69) is 20.4 Å². The number of hydrogen-bond acceptors (Lipinski definition) is 6. The summed E-state index contributed by atoms with van der Waals surface area (Å²) in [6, 6.07) is 6.72. The molecule has 2 atom stereocenters. The second-order valence-corrected chi connectivity index (χ2v) is 7.85. The molecular weight excluding hydrogens is 384 g/mol. The van der Waals surface area contributed by atoms with Gasteiger partial charge in [-0.2, -0.15) is 4.98 Å². The van der Waals surface area contributed by atoms with Gasteiger partial charge in [0.15, 0.2) is 0 Å². The van der Waals surface area contributed by atoms with Crippen LogP contribution in [0.4, 0.5) is 4.79 Å². The molecule has 1 saturated heterocycles. The first-order valence-electron chi connectivity index (χ1n) is 10.3. The number of carbonyl (C=O) groups excluding carboxylic acids is 2. The molecule has 3 amide bonds. The Balaban J connectivity index is 1.55. The molecule has 0 bridgehead atoms. The van der Waals surface area contributed by atoms with E-state index < -0.39 is 12.1 Å². The zero-order valence-corrected chi connectivity index (χ0v) is 17.8. The Bertz CT molecular complexity index is 858. The molecular formula is C21H30N6O3. The molecule has 1 fully saturated rings. The highest BCUT2D eigenvalue weighted by Gasteiger charge is 2.31. The van der Waals surface area contributed by atoms with E-state index in [4.69, 9.17) is 10.3 Å². The van der Waals surface area contributed by atoms with E-state index >= 15 is 0 Å². The minimum Gasteiger partial charge on any atom is -0.352 e. The lowest BCUT2D eigenvalue weighted by Gasteiger charge is -2.36. The van der Waals surface area contributed by atoms with E-state index in [1.807, 2.05) is 45.0 Å². The number of nitrogens with one attached hydrogen (secondary N) is 1. The third-order valence-corrected chi connectivity index (χ3v) is 5.60. The molecule has 2 aromatic rings. The summed E-state index contributed by atoms with van der Waals surface area (Å²) in [5.41, 5.74) is 7.36. The number of piperazine rings is 1. The Morgan fingerprint density at radius 1 is 1.20 bits per heavy atom. The van der Waals surface area contributed by atoms with E-state index in [0.717, 1.165) is 12.0 Å². The van der Waals surface area contributed by atoms with Gasteiger partial charge >= 0.3 is 6.03 Å². The summed E-state index contributed by atoms with van der Waals surface area (Å²) >= 11 is 0. The van der Waals surface area contributed by atoms with Crippen molar-refractivity contribution in [2.45, 2.75) is 39.8 Å². The van der Waals surface area contributed by atoms with Crippen molar-refractivity contribution in [2.75, 3.05) is 26.2 Å². The van der Waals surface area contributed by atoms with Crippen molar-refractivity contribution in [1.29, 1.82) is 0 Å². The zero-order chi connectivity index (χ0) is 21.7. The maximum Gasteiger partial charge on any atom is 0.312 e. The molecule has 0 spiro atoms. The highest BCUT2D eigenvalue weighted by atomic mass is 16.5. The van der Waals surface area contributed by atoms with Crippen LogP contribution < -0.4 is 11.1 Å². The van der Waals surface area contributed by atoms with E-state index in [1.165, 1.54) is 5.56 Å². The Morgan fingerprint density at radius 3 is 2.47 bits per heavy atom. The van der Waals surface area contributed by atoms with Crippen molar-refractivity contribution >= 4 is 11.9 Å². The minimum absolute atomic E-state index is 0.0154. The Labute approximate surface area is 176 Å². The van der Waals surface area contributed by atoms with Gasteiger partial charge < -0.3 is 20.5 Å². The summed E-state index contributed by atoms with van der Waals surface area (Å²) < 4.78 is 5.41. The van der Waals surface area contributed by atoms with E-state index in [1.54, 1.807) is 4.90 Å². The maximum absolute atomic E-state index is 12.9. The fourth-order valence-corrected chi connectivity index (χ4v) is 3.49. The SMILES string of the molecule is CCC(C)C(NC(N)=O)C(=O)N1CCN(Cc2nc(-c3ccc(C)cc3)no2)CC1. The van der Waals surface area contributed by atoms with Crippen LogP contribution in [0.2, 0.25) is 0 Å². The molecule has 3 N–H and O–H groups in total. The van der Waals surface area contributed by atoms with Crippen LogP contribution in [0.3, 0.4) is 0 Å². The smallest absolute Gasteiger partial charge is 0.312 e. The normalized spacial score (nSPS) is 16.8. The van der Waals surface area contributed by atoms with Gasteiger partial charge in [-0.25, -0.2) is 4.79 Å². The number of rotatable bonds is 7. The van der Waals surface area contributed by atoms with Crippen LogP contribution in [0.5, 0.6) is 0 Å². The second kappa shape index (κ2) is 9.71.